The maximum Gasteiger partial charge on any atom is 0.410 e. The fourth-order valence-corrected chi connectivity index (χ4v) is 3.42. The Hall–Kier alpha value is -1.04. The van der Waals surface area contributed by atoms with Gasteiger partial charge in [0.2, 0.25) is 0 Å². The molecule has 0 aromatic carbocycles. The van der Waals surface area contributed by atoms with Gasteiger partial charge in [-0.25, -0.2) is 4.79 Å². The maximum atomic E-state index is 11.9. The van der Waals surface area contributed by atoms with Gasteiger partial charge in [0.05, 0.1) is 6.04 Å². The van der Waals surface area contributed by atoms with E-state index in [0.29, 0.717) is 11.5 Å². The van der Waals surface area contributed by atoms with Crippen molar-refractivity contribution < 1.29 is 9.53 Å². The van der Waals surface area contributed by atoms with Crippen molar-refractivity contribution in [3.8, 4) is 0 Å². The monoisotopic (exact) mass is 341 g/mol. The van der Waals surface area contributed by atoms with Crippen LogP contribution >= 0.6 is 15.9 Å². The number of hydrogen-bond acceptors (Lipinski definition) is 3. The Labute approximate surface area is 127 Å². The second-order valence-corrected chi connectivity index (χ2v) is 7.83. The van der Waals surface area contributed by atoms with E-state index < -0.39 is 5.60 Å². The van der Waals surface area contributed by atoms with Crippen molar-refractivity contribution in [2.24, 2.45) is 5.41 Å². The molecule has 1 aliphatic carbocycles. The molecule has 2 aliphatic rings. The SMILES string of the molecule is CC(C)(C)OC(=O)N1CC2(CC(n3ccc(Br)n3)C2)C1. The summed E-state index contributed by atoms with van der Waals surface area (Å²) >= 11 is 3.37. The minimum Gasteiger partial charge on any atom is -0.444 e. The van der Waals surface area contributed by atoms with Crippen molar-refractivity contribution in [2.75, 3.05) is 13.1 Å². The van der Waals surface area contributed by atoms with Crippen LogP contribution in [0.1, 0.15) is 39.7 Å². The molecule has 0 atom stereocenters. The highest BCUT2D eigenvalue weighted by molar-refractivity contribution is 9.10. The van der Waals surface area contributed by atoms with Gasteiger partial charge in [-0.1, -0.05) is 0 Å². The highest BCUT2D eigenvalue weighted by Crippen LogP contribution is 2.54. The van der Waals surface area contributed by atoms with Crippen molar-refractivity contribution >= 4 is 22.0 Å². The molecule has 0 N–H and O–H groups in total. The summed E-state index contributed by atoms with van der Waals surface area (Å²) in [5.74, 6) is 0. The molecule has 110 valence electrons. The highest BCUT2D eigenvalue weighted by Gasteiger charge is 2.55. The number of carbonyl (C=O) groups excluding carboxylic acids is 1. The largest absolute Gasteiger partial charge is 0.444 e. The summed E-state index contributed by atoms with van der Waals surface area (Å²) in [6, 6.07) is 2.43. The van der Waals surface area contributed by atoms with Gasteiger partial charge in [0.1, 0.15) is 10.2 Å². The van der Waals surface area contributed by atoms with Crippen molar-refractivity contribution in [1.82, 2.24) is 14.7 Å². The summed E-state index contributed by atoms with van der Waals surface area (Å²) in [6.07, 6.45) is 4.01. The lowest BCUT2D eigenvalue weighted by atomic mass is 9.61. The molecule has 1 aliphatic heterocycles. The molecule has 5 nitrogen and oxygen atoms in total. The number of aromatic nitrogens is 2. The zero-order valence-electron chi connectivity index (χ0n) is 12.1. The lowest BCUT2D eigenvalue weighted by Gasteiger charge is -2.58. The van der Waals surface area contributed by atoms with E-state index in [4.69, 9.17) is 4.74 Å². The van der Waals surface area contributed by atoms with Crippen LogP contribution in [0, 0.1) is 5.41 Å². The summed E-state index contributed by atoms with van der Waals surface area (Å²) in [7, 11) is 0. The predicted molar refractivity (Wildman–Crippen MR) is 78.4 cm³/mol. The zero-order valence-corrected chi connectivity index (χ0v) is 13.7. The second-order valence-electron chi connectivity index (χ2n) is 7.02. The number of hydrogen-bond donors (Lipinski definition) is 0. The molecular formula is C14H20BrN3O2. The van der Waals surface area contributed by atoms with Crippen molar-refractivity contribution in [1.29, 1.82) is 0 Å². The molecule has 1 aromatic rings. The molecule has 2 heterocycles. The van der Waals surface area contributed by atoms with E-state index in [-0.39, 0.29) is 6.09 Å². The molecule has 0 radical (unpaired) electrons. The Morgan fingerprint density at radius 2 is 2.10 bits per heavy atom. The Morgan fingerprint density at radius 3 is 2.60 bits per heavy atom. The number of likely N-dealkylation sites (tertiary alicyclic amines) is 1. The van der Waals surface area contributed by atoms with Gasteiger partial charge in [-0.3, -0.25) is 4.68 Å². The van der Waals surface area contributed by atoms with E-state index in [2.05, 4.69) is 21.0 Å². The fraction of sp³-hybridized carbons (Fsp3) is 0.714. The Bertz CT molecular complexity index is 521. The van der Waals surface area contributed by atoms with E-state index in [0.717, 1.165) is 30.5 Å². The number of ether oxygens (including phenoxy) is 1. The summed E-state index contributed by atoms with van der Waals surface area (Å²) in [5, 5.41) is 4.39. The molecule has 0 bridgehead atoms. The topological polar surface area (TPSA) is 47.4 Å². The van der Waals surface area contributed by atoms with E-state index >= 15 is 0 Å². The average Bonchev–Trinajstić information content (AvgIpc) is 2.57. The summed E-state index contributed by atoms with van der Waals surface area (Å²) in [5.41, 5.74) is -0.108. The van der Waals surface area contributed by atoms with Crippen molar-refractivity contribution in [3.63, 3.8) is 0 Å². The van der Waals surface area contributed by atoms with Crippen LogP contribution in [0.3, 0.4) is 0 Å². The zero-order chi connectivity index (χ0) is 14.5. The Balaban J connectivity index is 1.49. The van der Waals surface area contributed by atoms with Crippen LogP contribution in [0.2, 0.25) is 0 Å². The van der Waals surface area contributed by atoms with Crippen LogP contribution in [0.4, 0.5) is 4.79 Å². The molecule has 1 aromatic heterocycles. The average molecular weight is 342 g/mol. The molecule has 3 rings (SSSR count). The first kappa shape index (κ1) is 13.9. The fourth-order valence-electron chi connectivity index (χ4n) is 3.12. The number of amides is 1. The van der Waals surface area contributed by atoms with Gasteiger partial charge in [-0.2, -0.15) is 5.10 Å². The summed E-state index contributed by atoms with van der Waals surface area (Å²) < 4.78 is 8.28. The molecule has 20 heavy (non-hydrogen) atoms. The number of carbonyl (C=O) groups is 1. The quantitative estimate of drug-likeness (QED) is 0.787. The molecule has 2 fully saturated rings. The molecule has 1 saturated carbocycles. The number of rotatable bonds is 1. The third-order valence-electron chi connectivity index (χ3n) is 3.99. The lowest BCUT2D eigenvalue weighted by Crippen LogP contribution is -2.64. The van der Waals surface area contributed by atoms with Gasteiger partial charge in [0, 0.05) is 24.7 Å². The minimum atomic E-state index is -0.413. The van der Waals surface area contributed by atoms with Gasteiger partial charge in [0.15, 0.2) is 0 Å². The van der Waals surface area contributed by atoms with E-state index in [1.807, 2.05) is 37.7 Å². The van der Waals surface area contributed by atoms with Crippen LogP contribution in [-0.4, -0.2) is 39.5 Å². The van der Waals surface area contributed by atoms with Gasteiger partial charge in [-0.05, 0) is 55.6 Å². The first-order valence-electron chi connectivity index (χ1n) is 6.95. The third kappa shape index (κ3) is 2.57. The van der Waals surface area contributed by atoms with Crippen LogP contribution in [-0.2, 0) is 4.74 Å². The van der Waals surface area contributed by atoms with E-state index in [1.165, 1.54) is 0 Å². The summed E-state index contributed by atoms with van der Waals surface area (Å²) in [4.78, 5) is 13.7. The van der Waals surface area contributed by atoms with Crippen LogP contribution in [0.25, 0.3) is 0 Å². The van der Waals surface area contributed by atoms with Gasteiger partial charge < -0.3 is 9.64 Å². The smallest absolute Gasteiger partial charge is 0.410 e. The molecular weight excluding hydrogens is 322 g/mol. The predicted octanol–water partition coefficient (Wildman–Crippen LogP) is 3.22. The second kappa shape index (κ2) is 4.48. The molecule has 1 spiro atoms. The molecule has 0 unspecified atom stereocenters. The molecule has 1 amide bonds. The molecule has 1 saturated heterocycles. The summed E-state index contributed by atoms with van der Waals surface area (Å²) in [6.45, 7) is 7.34. The van der Waals surface area contributed by atoms with Gasteiger partial charge >= 0.3 is 6.09 Å². The van der Waals surface area contributed by atoms with E-state index in [9.17, 15) is 4.79 Å². The lowest BCUT2D eigenvalue weighted by molar-refractivity contribution is -0.0928. The Kier molecular flexibility index (Phi) is 3.12. The highest BCUT2D eigenvalue weighted by atomic mass is 79.9. The van der Waals surface area contributed by atoms with Gasteiger partial charge in [0.25, 0.3) is 0 Å². The Morgan fingerprint density at radius 1 is 1.45 bits per heavy atom. The van der Waals surface area contributed by atoms with E-state index in [1.54, 1.807) is 4.90 Å². The normalized spacial score (nSPS) is 21.5. The van der Waals surface area contributed by atoms with Crippen LogP contribution in [0.5, 0.6) is 0 Å². The number of nitrogens with zero attached hydrogens (tertiary/aromatic N) is 3. The first-order chi connectivity index (χ1) is 9.26. The molecule has 6 heteroatoms. The minimum absolute atomic E-state index is 0.187. The van der Waals surface area contributed by atoms with Crippen LogP contribution < -0.4 is 0 Å². The van der Waals surface area contributed by atoms with Crippen molar-refractivity contribution in [3.05, 3.63) is 16.9 Å². The van der Waals surface area contributed by atoms with Crippen LogP contribution in [0.15, 0.2) is 16.9 Å². The third-order valence-corrected chi connectivity index (χ3v) is 4.41. The van der Waals surface area contributed by atoms with Crippen molar-refractivity contribution in [2.45, 2.75) is 45.3 Å². The standard InChI is InChI=1S/C14H20BrN3O2/c1-13(2,3)20-12(19)17-8-14(9-17)6-10(7-14)18-5-4-11(15)16-18/h4-5,10H,6-9H2,1-3H3. The number of halogens is 1. The first-order valence-corrected chi connectivity index (χ1v) is 7.74. The van der Waals surface area contributed by atoms with Gasteiger partial charge in [-0.15, -0.1) is 0 Å². The maximum absolute atomic E-state index is 11.9.